The highest BCUT2D eigenvalue weighted by Gasteiger charge is 2.30. The van der Waals surface area contributed by atoms with E-state index in [1.807, 2.05) is 13.8 Å². The van der Waals surface area contributed by atoms with Crippen LogP contribution in [-0.4, -0.2) is 52.8 Å². The van der Waals surface area contributed by atoms with Gasteiger partial charge in [-0.25, -0.2) is 0 Å². The summed E-state index contributed by atoms with van der Waals surface area (Å²) in [5, 5.41) is 11.9. The molecule has 0 radical (unpaired) electrons. The van der Waals surface area contributed by atoms with Crippen LogP contribution in [-0.2, 0) is 15.1 Å². The Labute approximate surface area is 135 Å². The van der Waals surface area contributed by atoms with Crippen LogP contribution in [0.2, 0.25) is 0 Å². The number of carbonyl (C=O) groups is 1. The molecule has 0 bridgehead atoms. The molecule has 1 amide bonds. The van der Waals surface area contributed by atoms with Crippen LogP contribution in [0.3, 0.4) is 0 Å². The third kappa shape index (κ3) is 4.37. The average Bonchev–Trinajstić information content (AvgIpc) is 2.85. The maximum absolute atomic E-state index is 12.3. The normalized spacial score (nSPS) is 20.3. The minimum absolute atomic E-state index is 0.0469. The number of hydrogen-bond donors (Lipinski definition) is 2. The predicted octanol–water partition coefficient (Wildman–Crippen LogP) is 0.971. The summed E-state index contributed by atoms with van der Waals surface area (Å²) in [6, 6.07) is 0.468. The molecule has 1 atom stereocenters. The van der Waals surface area contributed by atoms with E-state index in [0.29, 0.717) is 29.2 Å². The zero-order valence-electron chi connectivity index (χ0n) is 13.6. The van der Waals surface area contributed by atoms with E-state index >= 15 is 0 Å². The Morgan fingerprint density at radius 2 is 2.27 bits per heavy atom. The van der Waals surface area contributed by atoms with E-state index in [0.717, 1.165) is 13.1 Å². The Morgan fingerprint density at radius 1 is 1.55 bits per heavy atom. The number of ether oxygens (including phenoxy) is 1. The zero-order valence-corrected chi connectivity index (χ0v) is 14.4. The van der Waals surface area contributed by atoms with E-state index in [2.05, 4.69) is 34.3 Å². The fraction of sp³-hybridized carbons (Fsp3) is 0.786. The predicted molar refractivity (Wildman–Crippen MR) is 86.6 cm³/mol. The monoisotopic (exact) mass is 327 g/mol. The molecule has 8 heteroatoms. The first-order valence-electron chi connectivity index (χ1n) is 7.54. The summed E-state index contributed by atoms with van der Waals surface area (Å²) in [5.41, 5.74) is 5.02. The summed E-state index contributed by atoms with van der Waals surface area (Å²) in [5.74, 6) is -0.0469. The number of anilines is 1. The molecule has 124 valence electrons. The second-order valence-electron chi connectivity index (χ2n) is 6.40. The molecule has 1 aromatic heterocycles. The van der Waals surface area contributed by atoms with Crippen LogP contribution in [0.1, 0.15) is 39.1 Å². The first kappa shape index (κ1) is 17.1. The molecule has 1 aromatic rings. The molecular formula is C14H25N5O2S. The molecule has 0 saturated carbocycles. The molecule has 2 rings (SSSR count). The fourth-order valence-electron chi connectivity index (χ4n) is 2.48. The lowest BCUT2D eigenvalue weighted by molar-refractivity contribution is -0.128. The van der Waals surface area contributed by atoms with Crippen LogP contribution < -0.4 is 11.1 Å². The van der Waals surface area contributed by atoms with E-state index in [4.69, 9.17) is 10.5 Å². The van der Waals surface area contributed by atoms with Crippen molar-refractivity contribution in [2.45, 2.75) is 51.8 Å². The summed E-state index contributed by atoms with van der Waals surface area (Å²) in [6.07, 6.45) is 0.285. The summed E-state index contributed by atoms with van der Waals surface area (Å²) in [4.78, 5) is 14.6. The Kier molecular flexibility index (Phi) is 5.36. The number of hydrogen-bond acceptors (Lipinski definition) is 7. The molecular weight excluding hydrogens is 302 g/mol. The molecule has 1 fully saturated rings. The van der Waals surface area contributed by atoms with Gasteiger partial charge in [0.1, 0.15) is 5.01 Å². The van der Waals surface area contributed by atoms with Crippen molar-refractivity contribution in [1.82, 2.24) is 20.4 Å². The van der Waals surface area contributed by atoms with Gasteiger partial charge in [-0.15, -0.1) is 10.2 Å². The molecule has 1 aliphatic rings. The highest BCUT2D eigenvalue weighted by molar-refractivity contribution is 7.15. The topological polar surface area (TPSA) is 93.4 Å². The van der Waals surface area contributed by atoms with Crippen molar-refractivity contribution in [2.24, 2.45) is 0 Å². The standard InChI is InChI=1S/C14H25N5O2S/c1-9(2)19-5-6-21-10(8-19)7-11(20)16-14(3,4)12-17-18-13(15)22-12/h9-10H,5-8H2,1-4H3,(H2,15,18)(H,16,20). The number of nitrogens with one attached hydrogen (secondary N) is 1. The van der Waals surface area contributed by atoms with Gasteiger partial charge in [-0.2, -0.15) is 0 Å². The third-order valence-corrected chi connectivity index (χ3v) is 4.82. The van der Waals surface area contributed by atoms with Crippen LogP contribution in [0.4, 0.5) is 5.13 Å². The minimum atomic E-state index is -0.585. The molecule has 1 aliphatic heterocycles. The number of aromatic nitrogens is 2. The van der Waals surface area contributed by atoms with Crippen molar-refractivity contribution in [3.8, 4) is 0 Å². The van der Waals surface area contributed by atoms with Crippen molar-refractivity contribution in [3.63, 3.8) is 0 Å². The van der Waals surface area contributed by atoms with Gasteiger partial charge < -0.3 is 15.8 Å². The van der Waals surface area contributed by atoms with Gasteiger partial charge in [0.05, 0.1) is 24.7 Å². The molecule has 0 aromatic carbocycles. The number of nitrogen functional groups attached to an aromatic ring is 1. The zero-order chi connectivity index (χ0) is 16.3. The van der Waals surface area contributed by atoms with E-state index in [1.165, 1.54) is 11.3 Å². The number of nitrogens with two attached hydrogens (primary N) is 1. The van der Waals surface area contributed by atoms with Gasteiger partial charge in [0.2, 0.25) is 11.0 Å². The van der Waals surface area contributed by atoms with Crippen LogP contribution in [0.25, 0.3) is 0 Å². The largest absolute Gasteiger partial charge is 0.375 e. The summed E-state index contributed by atoms with van der Waals surface area (Å²) in [7, 11) is 0. The van der Waals surface area contributed by atoms with Crippen LogP contribution >= 0.6 is 11.3 Å². The molecule has 7 nitrogen and oxygen atoms in total. The van der Waals surface area contributed by atoms with Gasteiger partial charge in [0, 0.05) is 19.1 Å². The maximum atomic E-state index is 12.3. The molecule has 1 saturated heterocycles. The van der Waals surface area contributed by atoms with Crippen LogP contribution in [0.5, 0.6) is 0 Å². The summed E-state index contributed by atoms with van der Waals surface area (Å²) >= 11 is 1.29. The smallest absolute Gasteiger partial charge is 0.223 e. The highest BCUT2D eigenvalue weighted by atomic mass is 32.1. The van der Waals surface area contributed by atoms with E-state index in [9.17, 15) is 4.79 Å². The summed E-state index contributed by atoms with van der Waals surface area (Å²) in [6.45, 7) is 10.5. The van der Waals surface area contributed by atoms with Gasteiger partial charge in [-0.05, 0) is 27.7 Å². The first-order valence-corrected chi connectivity index (χ1v) is 8.35. The van der Waals surface area contributed by atoms with E-state index < -0.39 is 5.54 Å². The van der Waals surface area contributed by atoms with Crippen molar-refractivity contribution in [3.05, 3.63) is 5.01 Å². The third-order valence-electron chi connectivity index (χ3n) is 3.74. The van der Waals surface area contributed by atoms with Gasteiger partial charge in [0.25, 0.3) is 0 Å². The Hall–Kier alpha value is -1.25. The van der Waals surface area contributed by atoms with Crippen molar-refractivity contribution in [1.29, 1.82) is 0 Å². The molecule has 3 N–H and O–H groups in total. The van der Waals surface area contributed by atoms with Gasteiger partial charge in [0.15, 0.2) is 0 Å². The van der Waals surface area contributed by atoms with Crippen LogP contribution in [0, 0.1) is 0 Å². The van der Waals surface area contributed by atoms with E-state index in [1.54, 1.807) is 0 Å². The lowest BCUT2D eigenvalue weighted by Gasteiger charge is -2.35. The number of nitrogens with zero attached hydrogens (tertiary/aromatic N) is 3. The SMILES string of the molecule is CC(C)N1CCOC(CC(=O)NC(C)(C)c2nnc(N)s2)C1. The molecule has 0 spiro atoms. The molecule has 1 unspecified atom stereocenters. The lowest BCUT2D eigenvalue weighted by atomic mass is 10.1. The first-order chi connectivity index (χ1) is 10.3. The van der Waals surface area contributed by atoms with Gasteiger partial charge in [-0.1, -0.05) is 11.3 Å². The van der Waals surface area contributed by atoms with Crippen molar-refractivity contribution in [2.75, 3.05) is 25.4 Å². The average molecular weight is 327 g/mol. The van der Waals surface area contributed by atoms with Gasteiger partial charge in [-0.3, -0.25) is 9.69 Å². The number of amides is 1. The van der Waals surface area contributed by atoms with Crippen molar-refractivity contribution < 1.29 is 9.53 Å². The molecule has 22 heavy (non-hydrogen) atoms. The minimum Gasteiger partial charge on any atom is -0.375 e. The molecule has 2 heterocycles. The summed E-state index contributed by atoms with van der Waals surface area (Å²) < 4.78 is 5.71. The number of rotatable bonds is 5. The Morgan fingerprint density at radius 3 is 2.86 bits per heavy atom. The quantitative estimate of drug-likeness (QED) is 0.837. The maximum Gasteiger partial charge on any atom is 0.223 e. The number of carbonyl (C=O) groups excluding carboxylic acids is 1. The lowest BCUT2D eigenvalue weighted by Crippen LogP contribution is -2.48. The van der Waals surface area contributed by atoms with Crippen LogP contribution in [0.15, 0.2) is 0 Å². The van der Waals surface area contributed by atoms with Crippen molar-refractivity contribution >= 4 is 22.4 Å². The molecule has 0 aliphatic carbocycles. The fourth-order valence-corrected chi connectivity index (χ4v) is 3.15. The second kappa shape index (κ2) is 6.89. The Balaban J connectivity index is 1.89. The Bertz CT molecular complexity index is 517. The highest BCUT2D eigenvalue weighted by Crippen LogP contribution is 2.25. The van der Waals surface area contributed by atoms with Gasteiger partial charge >= 0.3 is 0 Å². The number of morpholine rings is 1. The van der Waals surface area contributed by atoms with E-state index in [-0.39, 0.29) is 12.0 Å². The second-order valence-corrected chi connectivity index (χ2v) is 7.41.